The smallest absolute Gasteiger partial charge is 0.871 e. The molecular weight excluding hydrogens is 1030 g/mol. The minimum atomic E-state index is -4.94. The van der Waals surface area contributed by atoms with Crippen LogP contribution in [0.15, 0.2) is 159 Å². The summed E-state index contributed by atoms with van der Waals surface area (Å²) in [6.07, 6.45) is 0. The van der Waals surface area contributed by atoms with Crippen molar-refractivity contribution in [3.8, 4) is 22.9 Å². The van der Waals surface area contributed by atoms with Gasteiger partial charge >= 0.3 is 24.5 Å². The van der Waals surface area contributed by atoms with Gasteiger partial charge in [-0.1, -0.05) is 86.0 Å². The Kier molecular flexibility index (Phi) is 14.2. The van der Waals surface area contributed by atoms with E-state index in [-0.39, 0.29) is 91.6 Å². The van der Waals surface area contributed by atoms with Crippen LogP contribution in [0.4, 0.5) is 22.7 Å². The molecule has 0 atom stereocenters. The van der Waals surface area contributed by atoms with Gasteiger partial charge in [0.25, 0.3) is 11.1 Å². The second kappa shape index (κ2) is 19.1. The van der Waals surface area contributed by atoms with Crippen LogP contribution in [-0.4, -0.2) is 61.2 Å². The number of nitrogens with zero attached hydrogens (tertiary/aromatic N) is 8. The molecule has 0 unspecified atom stereocenters. The van der Waals surface area contributed by atoms with Crippen molar-refractivity contribution >= 4 is 84.8 Å². The van der Waals surface area contributed by atoms with Crippen LogP contribution in [0.1, 0.15) is 18.5 Å². The summed E-state index contributed by atoms with van der Waals surface area (Å²) in [5.74, 6) is -1.80. The fourth-order valence-electron chi connectivity index (χ4n) is 6.54. The largest absolute Gasteiger partial charge is 3.00 e. The number of hydrogen-bond acceptors (Lipinski definition) is 20. The first-order valence-corrected chi connectivity index (χ1v) is 24.3. The van der Waals surface area contributed by atoms with Crippen molar-refractivity contribution < 1.29 is 86.6 Å². The summed E-state index contributed by atoms with van der Waals surface area (Å²) >= 11 is 0. The quantitative estimate of drug-likeness (QED) is 0.139. The van der Waals surface area contributed by atoms with Crippen molar-refractivity contribution in [3.05, 3.63) is 141 Å². The maximum absolute atomic E-state index is 12.8. The maximum Gasteiger partial charge on any atom is 3.00 e. The van der Waals surface area contributed by atoms with E-state index in [4.69, 9.17) is 0 Å². The molecule has 24 nitrogen and oxygen atoms in total. The number of rotatable bonds is 10. The third kappa shape index (κ3) is 10.6. The van der Waals surface area contributed by atoms with E-state index in [1.54, 1.807) is 0 Å². The van der Waals surface area contributed by atoms with E-state index in [2.05, 4.69) is 30.7 Å². The summed E-state index contributed by atoms with van der Waals surface area (Å²) < 4.78 is 139. The van der Waals surface area contributed by atoms with Crippen molar-refractivity contribution in [3.63, 3.8) is 0 Å². The van der Waals surface area contributed by atoms with Crippen molar-refractivity contribution in [1.29, 1.82) is 0 Å². The summed E-state index contributed by atoms with van der Waals surface area (Å²) in [6.45, 7) is 2.84. The molecule has 355 valence electrons. The minimum Gasteiger partial charge on any atom is -0.871 e. The molecule has 0 fully saturated rings. The second-order valence-corrected chi connectivity index (χ2v) is 19.5. The molecule has 29 heteroatoms. The van der Waals surface area contributed by atoms with Gasteiger partial charge < -0.3 is 48.0 Å². The normalized spacial score (nSPS) is 12.4. The van der Waals surface area contributed by atoms with Crippen LogP contribution in [0.3, 0.4) is 0 Å². The Balaban J connectivity index is 0.000000684. The van der Waals surface area contributed by atoms with Gasteiger partial charge in [0.15, 0.2) is 0 Å². The Morgan fingerprint density at radius 2 is 0.768 bits per heavy atom. The second-order valence-electron chi connectivity index (χ2n) is 14.0. The predicted molar refractivity (Wildman–Crippen MR) is 233 cm³/mol. The Labute approximate surface area is 407 Å². The van der Waals surface area contributed by atoms with E-state index in [0.29, 0.717) is 12.1 Å². The molecule has 1 radical (unpaired) electrons. The fourth-order valence-corrected chi connectivity index (χ4v) is 8.96. The summed E-state index contributed by atoms with van der Waals surface area (Å²) in [6, 6.07) is 22.0. The standard InChI is InChI=1S/2C20H16N4O8S2.Cr/c2*1-11-18(20(26)24(23-11)12-5-4-6-13(9-12)33(27,28)29)21-22-19-15-8-3-2-7-14(15)17(10-16(19)25)34(30,31)32;/h2*2-10H,1H3,(H4,21,22,23,25,26,27,28,29,30,31,32);/q;;+3/p-3. The molecule has 8 rings (SSSR count). The Morgan fingerprint density at radius 1 is 0.449 bits per heavy atom. The molecule has 0 N–H and O–H groups in total. The van der Waals surface area contributed by atoms with Gasteiger partial charge in [-0.25, -0.2) is 33.7 Å². The van der Waals surface area contributed by atoms with Crippen molar-refractivity contribution in [1.82, 2.24) is 19.6 Å². The zero-order valence-electron chi connectivity index (χ0n) is 39.5. The molecule has 2 heterocycles. The molecule has 0 aliphatic heterocycles. The summed E-state index contributed by atoms with van der Waals surface area (Å²) in [7, 11) is -19.4. The average Bonchev–Trinajstić information content (AvgIpc) is 3.72. The van der Waals surface area contributed by atoms with Crippen LogP contribution in [0.5, 0.6) is 11.5 Å². The summed E-state index contributed by atoms with van der Waals surface area (Å²) in [5.41, 5.74) is -2.62. The Bertz CT molecular complexity index is 3800. The fraction of sp³-hybridized carbons (Fsp3) is 0.0500. The predicted octanol–water partition coefficient (Wildman–Crippen LogP) is 3.67. The van der Waals surface area contributed by atoms with Crippen LogP contribution in [-0.2, 0) is 57.8 Å². The monoisotopic (exact) mass is 1060 g/mol. The van der Waals surface area contributed by atoms with Gasteiger partial charge in [0.05, 0.1) is 31.0 Å². The van der Waals surface area contributed by atoms with Crippen LogP contribution in [0, 0.1) is 13.8 Å². The third-order valence-corrected chi connectivity index (χ3v) is 13.0. The number of azo groups is 2. The van der Waals surface area contributed by atoms with Crippen LogP contribution in [0.2, 0.25) is 0 Å². The number of aromatic nitrogens is 4. The molecule has 0 saturated heterocycles. The molecule has 0 spiro atoms. The average molecular weight is 1060 g/mol. The van der Waals surface area contributed by atoms with Crippen molar-refractivity contribution in [2.45, 2.75) is 33.4 Å². The van der Waals surface area contributed by atoms with Gasteiger partial charge in [-0.2, -0.15) is 10.2 Å². The number of hydrogen-bond donors (Lipinski definition) is 0. The topological polar surface area (TPSA) is 397 Å². The van der Waals surface area contributed by atoms with E-state index in [1.807, 2.05) is 0 Å². The summed E-state index contributed by atoms with van der Waals surface area (Å²) in [5, 5.41) is 48.3. The van der Waals surface area contributed by atoms with Crippen LogP contribution < -0.4 is 31.5 Å². The zero-order chi connectivity index (χ0) is 49.7. The minimum absolute atomic E-state index is 0. The Morgan fingerprint density at radius 3 is 1.09 bits per heavy atom. The van der Waals surface area contributed by atoms with E-state index < -0.39 is 82.7 Å². The van der Waals surface area contributed by atoms with Gasteiger partial charge in [0.2, 0.25) is 0 Å². The molecule has 69 heavy (non-hydrogen) atoms. The molecular formula is C40H29CrN8O16S4. The molecule has 0 saturated carbocycles. The van der Waals surface area contributed by atoms with Crippen molar-refractivity contribution in [2.24, 2.45) is 20.5 Å². The maximum atomic E-state index is 12.8. The number of aryl methyl sites for hydroxylation is 2. The van der Waals surface area contributed by atoms with Crippen LogP contribution in [0.25, 0.3) is 32.9 Å². The van der Waals surface area contributed by atoms with Gasteiger partial charge in [-0.05, 0) is 48.5 Å². The molecule has 0 aliphatic carbocycles. The van der Waals surface area contributed by atoms with E-state index >= 15 is 0 Å². The van der Waals surface area contributed by atoms with Gasteiger partial charge in [0, 0.05) is 32.9 Å². The molecule has 8 aromatic rings. The number of benzene rings is 6. The molecule has 0 aliphatic rings. The van der Waals surface area contributed by atoms with Crippen LogP contribution >= 0.6 is 0 Å². The SMILES string of the molecule is Cc1[n-]n(-c2cccc(S(=O)(=O)[O-])c2)c(=O)c1N=Nc1c([O-])cc(S(=O)(=O)[O-])c2ccccc12.Cc1[n-]n(-c2cccc(S(=O)(=O)[O-])c2)c(=O)c1N=Nc1c([O-])cc(S(=O)(=O)[O-])c2ccccc12.[Cr+3].[H+].[H+].[H+].[H+].[H+]. The van der Waals surface area contributed by atoms with Gasteiger partial charge in [-0.3, -0.25) is 9.59 Å². The third-order valence-electron chi connectivity index (χ3n) is 9.60. The summed E-state index contributed by atoms with van der Waals surface area (Å²) in [4.78, 5) is 23.1. The number of fused-ring (bicyclic) bond motifs is 2. The first-order chi connectivity index (χ1) is 31.8. The van der Waals surface area contributed by atoms with E-state index in [9.17, 15) is 71.7 Å². The first kappa shape index (κ1) is 51.2. The Hall–Kier alpha value is -7.17. The van der Waals surface area contributed by atoms with Gasteiger partial charge in [0.1, 0.15) is 51.8 Å². The zero-order valence-corrected chi connectivity index (χ0v) is 39.1. The van der Waals surface area contributed by atoms with E-state index in [1.165, 1.54) is 86.6 Å². The molecule has 6 aromatic carbocycles. The molecule has 2 aromatic heterocycles. The van der Waals surface area contributed by atoms with Gasteiger partial charge in [-0.15, -0.1) is 21.6 Å². The molecule has 0 bridgehead atoms. The van der Waals surface area contributed by atoms with Crippen molar-refractivity contribution in [2.75, 3.05) is 0 Å². The first-order valence-electron chi connectivity index (χ1n) is 18.6. The van der Waals surface area contributed by atoms with E-state index in [0.717, 1.165) is 33.6 Å². The molecule has 0 amide bonds.